The summed E-state index contributed by atoms with van der Waals surface area (Å²) in [6, 6.07) is 5.62. The maximum Gasteiger partial charge on any atom is 0.262 e. The Balaban J connectivity index is 1.62. The van der Waals surface area contributed by atoms with E-state index in [9.17, 15) is 4.39 Å². The Bertz CT molecular complexity index is 1160. The molecule has 8 nitrogen and oxygen atoms in total. The molecule has 0 spiro atoms. The fraction of sp³-hybridized carbons (Fsp3) is 0.250. The molecule has 0 saturated heterocycles. The second-order valence-corrected chi connectivity index (χ2v) is 7.60. The highest BCUT2D eigenvalue weighted by atomic mass is 35.5. The number of methoxy groups -OCH3 is 1. The normalized spacial score (nSPS) is 11.1. The Morgan fingerprint density at radius 1 is 1.32 bits per heavy atom. The van der Waals surface area contributed by atoms with Crippen LogP contribution < -0.4 is 14.2 Å². The van der Waals surface area contributed by atoms with E-state index in [1.807, 2.05) is 37.5 Å². The van der Waals surface area contributed by atoms with E-state index < -0.39 is 6.67 Å². The standard InChI is InChI=1S/C20H20ClFN6O2S/c1-3-14-18(30-10-7-22)19(29-2)26-20(25-14)27-31-15-11-23-16-12(15)5-6-13(21)17(16)28-9-4-8-24-28/h4-6,8-9,11,23H,3,7,10H2,1-2H3,(H,25,26,27). The van der Waals surface area contributed by atoms with Gasteiger partial charge in [0, 0.05) is 24.0 Å². The number of rotatable bonds is 9. The van der Waals surface area contributed by atoms with E-state index in [4.69, 9.17) is 21.1 Å². The number of benzene rings is 1. The van der Waals surface area contributed by atoms with Crippen molar-refractivity contribution in [3.05, 3.63) is 47.5 Å². The molecule has 0 atom stereocenters. The number of H-pyrrole nitrogens is 1. The molecule has 0 amide bonds. The van der Waals surface area contributed by atoms with Gasteiger partial charge >= 0.3 is 0 Å². The first kappa shape index (κ1) is 21.3. The first-order valence-electron chi connectivity index (χ1n) is 9.52. The molecule has 4 aromatic rings. The molecule has 2 N–H and O–H groups in total. The third kappa shape index (κ3) is 4.26. The van der Waals surface area contributed by atoms with Crippen LogP contribution in [0.3, 0.4) is 0 Å². The molecule has 0 aliphatic rings. The van der Waals surface area contributed by atoms with Gasteiger partial charge in [0.2, 0.25) is 11.7 Å². The molecule has 11 heteroatoms. The number of hydrogen-bond acceptors (Lipinski definition) is 7. The second kappa shape index (κ2) is 9.44. The Hall–Kier alpha value is -2.98. The zero-order valence-electron chi connectivity index (χ0n) is 16.9. The summed E-state index contributed by atoms with van der Waals surface area (Å²) < 4.78 is 28.2. The van der Waals surface area contributed by atoms with Crippen LogP contribution in [-0.4, -0.2) is 45.1 Å². The fourth-order valence-electron chi connectivity index (χ4n) is 3.13. The Morgan fingerprint density at radius 2 is 2.19 bits per heavy atom. The number of anilines is 1. The monoisotopic (exact) mass is 462 g/mol. The number of aromatic nitrogens is 5. The van der Waals surface area contributed by atoms with Crippen molar-refractivity contribution in [1.29, 1.82) is 0 Å². The minimum absolute atomic E-state index is 0.0786. The van der Waals surface area contributed by atoms with Crippen molar-refractivity contribution >= 4 is 40.4 Å². The van der Waals surface area contributed by atoms with Gasteiger partial charge in [0.15, 0.2) is 0 Å². The summed E-state index contributed by atoms with van der Waals surface area (Å²) in [5.74, 6) is 0.987. The maximum atomic E-state index is 12.5. The van der Waals surface area contributed by atoms with Crippen molar-refractivity contribution in [2.45, 2.75) is 18.2 Å². The Kier molecular flexibility index (Phi) is 6.47. The number of fused-ring (bicyclic) bond motifs is 1. The number of ether oxygens (including phenoxy) is 2. The predicted octanol–water partition coefficient (Wildman–Crippen LogP) is 4.84. The van der Waals surface area contributed by atoms with E-state index in [0.29, 0.717) is 28.8 Å². The van der Waals surface area contributed by atoms with E-state index in [1.54, 1.807) is 10.9 Å². The molecule has 162 valence electrons. The van der Waals surface area contributed by atoms with Gasteiger partial charge < -0.3 is 14.5 Å². The maximum absolute atomic E-state index is 12.5. The van der Waals surface area contributed by atoms with E-state index in [2.05, 4.69) is 24.8 Å². The molecule has 0 bridgehead atoms. The number of halogens is 2. The van der Waals surface area contributed by atoms with Crippen LogP contribution in [0.4, 0.5) is 10.3 Å². The SMILES string of the molecule is CCc1nc(NSc2c[nH]c3c(-n4cccn4)c(Cl)ccc23)nc(OC)c1OCCF. The summed E-state index contributed by atoms with van der Waals surface area (Å²) in [4.78, 5) is 13.0. The summed E-state index contributed by atoms with van der Waals surface area (Å²) in [6.45, 7) is 1.25. The second-order valence-electron chi connectivity index (χ2n) is 6.35. The van der Waals surface area contributed by atoms with Gasteiger partial charge in [-0.25, -0.2) is 14.1 Å². The van der Waals surface area contributed by atoms with Crippen molar-refractivity contribution in [3.8, 4) is 17.3 Å². The van der Waals surface area contributed by atoms with Gasteiger partial charge in [0.1, 0.15) is 19.0 Å². The number of aryl methyl sites for hydroxylation is 1. The van der Waals surface area contributed by atoms with Crippen LogP contribution in [0.15, 0.2) is 41.7 Å². The van der Waals surface area contributed by atoms with Crippen LogP contribution in [0.2, 0.25) is 5.02 Å². The highest BCUT2D eigenvalue weighted by Gasteiger charge is 2.17. The smallest absolute Gasteiger partial charge is 0.262 e. The van der Waals surface area contributed by atoms with E-state index >= 15 is 0 Å². The van der Waals surface area contributed by atoms with Crippen molar-refractivity contribution < 1.29 is 13.9 Å². The molecule has 4 rings (SSSR count). The Morgan fingerprint density at radius 3 is 2.90 bits per heavy atom. The molecule has 0 aliphatic carbocycles. The van der Waals surface area contributed by atoms with Gasteiger partial charge in [-0.05, 0) is 30.5 Å². The van der Waals surface area contributed by atoms with Crippen molar-refractivity contribution in [2.75, 3.05) is 25.1 Å². The molecular weight excluding hydrogens is 443 g/mol. The summed E-state index contributed by atoms with van der Waals surface area (Å²) in [6.07, 6.45) is 6.00. The average Bonchev–Trinajstić information content (AvgIpc) is 3.46. The molecule has 0 radical (unpaired) electrons. The highest BCUT2D eigenvalue weighted by molar-refractivity contribution is 8.00. The van der Waals surface area contributed by atoms with Gasteiger partial charge in [0.05, 0.1) is 28.2 Å². The Labute approximate surface area is 187 Å². The van der Waals surface area contributed by atoms with E-state index in [1.165, 1.54) is 19.1 Å². The molecule has 0 aliphatic heterocycles. The van der Waals surface area contributed by atoms with Crippen LogP contribution in [0.25, 0.3) is 16.6 Å². The van der Waals surface area contributed by atoms with Crippen LogP contribution in [0, 0.1) is 0 Å². The van der Waals surface area contributed by atoms with Gasteiger partial charge in [-0.3, -0.25) is 4.72 Å². The first-order chi connectivity index (χ1) is 15.2. The van der Waals surface area contributed by atoms with E-state index in [0.717, 1.165) is 21.5 Å². The summed E-state index contributed by atoms with van der Waals surface area (Å²) in [7, 11) is 1.49. The van der Waals surface area contributed by atoms with Gasteiger partial charge in [0.25, 0.3) is 5.88 Å². The van der Waals surface area contributed by atoms with Crippen LogP contribution in [0.1, 0.15) is 12.6 Å². The average molecular weight is 463 g/mol. The third-order valence-electron chi connectivity index (χ3n) is 4.48. The minimum atomic E-state index is -0.604. The van der Waals surface area contributed by atoms with Crippen molar-refractivity contribution in [1.82, 2.24) is 24.7 Å². The molecule has 31 heavy (non-hydrogen) atoms. The summed E-state index contributed by atoms with van der Waals surface area (Å²) in [5.41, 5.74) is 2.27. The highest BCUT2D eigenvalue weighted by Crippen LogP contribution is 2.36. The van der Waals surface area contributed by atoms with Gasteiger partial charge in [-0.2, -0.15) is 10.1 Å². The van der Waals surface area contributed by atoms with Crippen molar-refractivity contribution in [3.63, 3.8) is 0 Å². The largest absolute Gasteiger partial charge is 0.484 e. The lowest BCUT2D eigenvalue weighted by Gasteiger charge is -2.14. The molecule has 0 saturated carbocycles. The third-order valence-corrected chi connectivity index (χ3v) is 5.63. The number of alkyl halides is 1. The quantitative estimate of drug-likeness (QED) is 0.344. The summed E-state index contributed by atoms with van der Waals surface area (Å²) >= 11 is 7.77. The molecular formula is C20H20ClFN6O2S. The number of nitrogens with zero attached hydrogens (tertiary/aromatic N) is 4. The molecule has 3 heterocycles. The first-order valence-corrected chi connectivity index (χ1v) is 10.7. The topological polar surface area (TPSA) is 89.9 Å². The van der Waals surface area contributed by atoms with Crippen LogP contribution in [-0.2, 0) is 6.42 Å². The molecule has 1 aromatic carbocycles. The number of nitrogens with one attached hydrogen (secondary N) is 2. The number of hydrogen-bond donors (Lipinski definition) is 2. The van der Waals surface area contributed by atoms with Gasteiger partial charge in [-0.15, -0.1) is 0 Å². The molecule has 0 unspecified atom stereocenters. The zero-order valence-corrected chi connectivity index (χ0v) is 18.4. The fourth-order valence-corrected chi connectivity index (χ4v) is 4.06. The lowest BCUT2D eigenvalue weighted by molar-refractivity contribution is 0.253. The lowest BCUT2D eigenvalue weighted by Crippen LogP contribution is -2.08. The predicted molar refractivity (Wildman–Crippen MR) is 119 cm³/mol. The van der Waals surface area contributed by atoms with Crippen LogP contribution in [0.5, 0.6) is 11.6 Å². The molecule has 3 aromatic heterocycles. The summed E-state index contributed by atoms with van der Waals surface area (Å²) in [5, 5.41) is 5.85. The lowest BCUT2D eigenvalue weighted by atomic mass is 10.2. The molecule has 0 fully saturated rings. The van der Waals surface area contributed by atoms with Crippen LogP contribution >= 0.6 is 23.5 Å². The number of aromatic amines is 1. The van der Waals surface area contributed by atoms with E-state index in [-0.39, 0.29) is 12.5 Å². The van der Waals surface area contributed by atoms with Gasteiger partial charge in [-0.1, -0.05) is 24.6 Å². The van der Waals surface area contributed by atoms with Crippen molar-refractivity contribution in [2.24, 2.45) is 0 Å². The minimum Gasteiger partial charge on any atom is -0.484 e. The zero-order chi connectivity index (χ0) is 21.8.